The molecule has 2 aromatic rings. The first-order chi connectivity index (χ1) is 10.6. The Morgan fingerprint density at radius 2 is 1.48 bits per heavy atom. The average Bonchev–Trinajstić information content (AvgIpc) is 2.46. The van der Waals surface area contributed by atoms with Gasteiger partial charge in [0.2, 0.25) is 10.0 Å². The van der Waals surface area contributed by atoms with E-state index in [1.165, 1.54) is 0 Å². The molecule has 0 amide bonds. The molecule has 0 aromatic heterocycles. The minimum Gasteiger partial charge on any atom is -0.207 e. The summed E-state index contributed by atoms with van der Waals surface area (Å²) in [6, 6.07) is 14.4. The van der Waals surface area contributed by atoms with E-state index in [9.17, 15) is 8.42 Å². The Morgan fingerprint density at radius 3 is 1.96 bits per heavy atom. The smallest absolute Gasteiger partial charge is 0.207 e. The van der Waals surface area contributed by atoms with Gasteiger partial charge < -0.3 is 0 Å². The Morgan fingerprint density at radius 1 is 0.957 bits per heavy atom. The number of sulfonamides is 1. The first-order valence-corrected chi connectivity index (χ1v) is 9.75. The van der Waals surface area contributed by atoms with Crippen LogP contribution in [0.25, 0.3) is 0 Å². The van der Waals surface area contributed by atoms with Gasteiger partial charge in [0.1, 0.15) is 0 Å². The SMILES string of the molecule is CC(NS(=O)(=O)c1ccc(C(C)(C)C)cc1)c1ccc(Br)cc1. The molecule has 23 heavy (non-hydrogen) atoms. The maximum absolute atomic E-state index is 12.5. The lowest BCUT2D eigenvalue weighted by atomic mass is 9.87. The third kappa shape index (κ3) is 4.66. The standard InChI is InChI=1S/C18H22BrNO2S/c1-13(14-5-9-16(19)10-6-14)20-23(21,22)17-11-7-15(8-12-17)18(2,3)4/h5-13,20H,1-4H3. The largest absolute Gasteiger partial charge is 0.241 e. The average molecular weight is 396 g/mol. The third-order valence-corrected chi connectivity index (χ3v) is 5.82. The maximum atomic E-state index is 12.5. The van der Waals surface area contributed by atoms with Crippen LogP contribution in [0.1, 0.15) is 44.9 Å². The van der Waals surface area contributed by atoms with Crippen molar-refractivity contribution in [1.82, 2.24) is 4.72 Å². The fourth-order valence-corrected chi connectivity index (χ4v) is 3.75. The predicted octanol–water partition coefficient (Wildman–Crippen LogP) is 4.79. The topological polar surface area (TPSA) is 46.2 Å². The van der Waals surface area contributed by atoms with Gasteiger partial charge in [-0.05, 0) is 47.7 Å². The van der Waals surface area contributed by atoms with Crippen molar-refractivity contribution in [3.63, 3.8) is 0 Å². The van der Waals surface area contributed by atoms with E-state index in [-0.39, 0.29) is 16.4 Å². The Kier molecular flexibility index (Phi) is 5.33. The molecule has 1 N–H and O–H groups in total. The molecule has 5 heteroatoms. The first kappa shape index (κ1) is 18.2. The number of hydrogen-bond acceptors (Lipinski definition) is 2. The van der Waals surface area contributed by atoms with E-state index in [0.29, 0.717) is 0 Å². The van der Waals surface area contributed by atoms with Crippen LogP contribution in [0.5, 0.6) is 0 Å². The predicted molar refractivity (Wildman–Crippen MR) is 98.0 cm³/mol. The van der Waals surface area contributed by atoms with Crippen LogP contribution in [0.2, 0.25) is 0 Å². The van der Waals surface area contributed by atoms with Crippen molar-refractivity contribution in [2.75, 3.05) is 0 Å². The quantitative estimate of drug-likeness (QED) is 0.808. The lowest BCUT2D eigenvalue weighted by Gasteiger charge is -2.20. The van der Waals surface area contributed by atoms with Crippen LogP contribution in [0.15, 0.2) is 57.9 Å². The van der Waals surface area contributed by atoms with Gasteiger partial charge in [-0.15, -0.1) is 0 Å². The first-order valence-electron chi connectivity index (χ1n) is 7.48. The summed E-state index contributed by atoms with van der Waals surface area (Å²) >= 11 is 3.38. The van der Waals surface area contributed by atoms with E-state index >= 15 is 0 Å². The monoisotopic (exact) mass is 395 g/mol. The van der Waals surface area contributed by atoms with E-state index in [1.807, 2.05) is 43.3 Å². The van der Waals surface area contributed by atoms with Crippen LogP contribution >= 0.6 is 15.9 Å². The van der Waals surface area contributed by atoms with Gasteiger partial charge in [-0.25, -0.2) is 13.1 Å². The lowest BCUT2D eigenvalue weighted by molar-refractivity contribution is 0.565. The Labute approximate surface area is 147 Å². The van der Waals surface area contributed by atoms with Crippen molar-refractivity contribution >= 4 is 26.0 Å². The van der Waals surface area contributed by atoms with Crippen molar-refractivity contribution in [3.05, 3.63) is 64.1 Å². The summed E-state index contributed by atoms with van der Waals surface area (Å²) in [4.78, 5) is 0.287. The van der Waals surface area contributed by atoms with Gasteiger partial charge in [0.25, 0.3) is 0 Å². The molecule has 2 rings (SSSR count). The zero-order valence-electron chi connectivity index (χ0n) is 13.8. The van der Waals surface area contributed by atoms with Crippen LogP contribution in [-0.4, -0.2) is 8.42 Å². The molecule has 3 nitrogen and oxygen atoms in total. The van der Waals surface area contributed by atoms with Gasteiger partial charge in [-0.3, -0.25) is 0 Å². The second-order valence-electron chi connectivity index (χ2n) is 6.67. The highest BCUT2D eigenvalue weighted by Gasteiger charge is 2.20. The zero-order valence-corrected chi connectivity index (χ0v) is 16.2. The zero-order chi connectivity index (χ0) is 17.3. The number of rotatable bonds is 4. The molecular weight excluding hydrogens is 374 g/mol. The minimum atomic E-state index is -3.54. The summed E-state index contributed by atoms with van der Waals surface area (Å²) < 4.78 is 28.7. The highest BCUT2D eigenvalue weighted by molar-refractivity contribution is 9.10. The summed E-state index contributed by atoms with van der Waals surface area (Å²) in [7, 11) is -3.54. The van der Waals surface area contributed by atoms with Crippen molar-refractivity contribution in [2.24, 2.45) is 0 Å². The van der Waals surface area contributed by atoms with Gasteiger partial charge >= 0.3 is 0 Å². The Bertz CT molecular complexity index is 760. The molecule has 0 fully saturated rings. The molecule has 2 aromatic carbocycles. The maximum Gasteiger partial charge on any atom is 0.241 e. The van der Waals surface area contributed by atoms with E-state index in [2.05, 4.69) is 41.4 Å². The van der Waals surface area contributed by atoms with Crippen molar-refractivity contribution in [2.45, 2.75) is 44.0 Å². The fourth-order valence-electron chi connectivity index (χ4n) is 2.25. The van der Waals surface area contributed by atoms with Gasteiger partial charge in [-0.2, -0.15) is 0 Å². The second kappa shape index (κ2) is 6.75. The molecular formula is C18H22BrNO2S. The fraction of sp³-hybridized carbons (Fsp3) is 0.333. The van der Waals surface area contributed by atoms with E-state index in [0.717, 1.165) is 15.6 Å². The summed E-state index contributed by atoms with van der Waals surface area (Å²) in [5.41, 5.74) is 2.03. The summed E-state index contributed by atoms with van der Waals surface area (Å²) in [6.07, 6.45) is 0. The van der Waals surface area contributed by atoms with E-state index < -0.39 is 10.0 Å². The molecule has 0 radical (unpaired) electrons. The molecule has 1 unspecified atom stereocenters. The Balaban J connectivity index is 2.20. The van der Waals surface area contributed by atoms with Gasteiger partial charge in [0, 0.05) is 10.5 Å². The molecule has 0 saturated carbocycles. The van der Waals surface area contributed by atoms with Crippen LogP contribution in [0, 0.1) is 0 Å². The number of benzene rings is 2. The van der Waals surface area contributed by atoms with Crippen LogP contribution in [0.3, 0.4) is 0 Å². The molecule has 0 aliphatic heterocycles. The normalized spacial score (nSPS) is 13.8. The number of halogens is 1. The molecule has 0 heterocycles. The number of hydrogen-bond donors (Lipinski definition) is 1. The second-order valence-corrected chi connectivity index (χ2v) is 9.30. The highest BCUT2D eigenvalue weighted by atomic mass is 79.9. The summed E-state index contributed by atoms with van der Waals surface area (Å²) in [5, 5.41) is 0. The van der Waals surface area contributed by atoms with Crippen molar-refractivity contribution in [1.29, 1.82) is 0 Å². The lowest BCUT2D eigenvalue weighted by Crippen LogP contribution is -2.27. The molecule has 0 aliphatic rings. The Hall–Kier alpha value is -1.17. The van der Waals surface area contributed by atoms with Gasteiger partial charge in [0.05, 0.1) is 4.90 Å². The molecule has 124 valence electrons. The number of nitrogens with one attached hydrogen (secondary N) is 1. The van der Waals surface area contributed by atoms with Crippen LogP contribution in [-0.2, 0) is 15.4 Å². The van der Waals surface area contributed by atoms with Gasteiger partial charge in [0.15, 0.2) is 0 Å². The van der Waals surface area contributed by atoms with E-state index in [1.54, 1.807) is 12.1 Å². The van der Waals surface area contributed by atoms with Crippen LogP contribution < -0.4 is 4.72 Å². The minimum absolute atomic E-state index is 0.000434. The molecule has 0 spiro atoms. The molecule has 0 aliphatic carbocycles. The molecule has 0 saturated heterocycles. The highest BCUT2D eigenvalue weighted by Crippen LogP contribution is 2.24. The van der Waals surface area contributed by atoms with E-state index in [4.69, 9.17) is 0 Å². The molecule has 0 bridgehead atoms. The van der Waals surface area contributed by atoms with Crippen molar-refractivity contribution in [3.8, 4) is 0 Å². The summed E-state index contributed by atoms with van der Waals surface area (Å²) in [5.74, 6) is 0. The van der Waals surface area contributed by atoms with Crippen molar-refractivity contribution < 1.29 is 8.42 Å². The molecule has 1 atom stereocenters. The summed E-state index contributed by atoms with van der Waals surface area (Å²) in [6.45, 7) is 8.14. The van der Waals surface area contributed by atoms with Gasteiger partial charge in [-0.1, -0.05) is 61.0 Å². The van der Waals surface area contributed by atoms with Crippen LogP contribution in [0.4, 0.5) is 0 Å². The third-order valence-electron chi connectivity index (χ3n) is 3.73.